The first kappa shape index (κ1) is 12.3. The lowest BCUT2D eigenvalue weighted by molar-refractivity contribution is 0.662. The molecule has 0 saturated carbocycles. The molecule has 2 rings (SSSR count). The highest BCUT2D eigenvalue weighted by Gasteiger charge is 2.04. The Labute approximate surface area is 109 Å². The summed E-state index contributed by atoms with van der Waals surface area (Å²) in [5.41, 5.74) is 1.95. The summed E-state index contributed by atoms with van der Waals surface area (Å²) in [5.74, 6) is 0. The Bertz CT molecular complexity index is 481. The van der Waals surface area contributed by atoms with Gasteiger partial charge >= 0.3 is 0 Å². The van der Waals surface area contributed by atoms with Crippen LogP contribution in [-0.4, -0.2) is 21.5 Å². The molecule has 1 aromatic heterocycles. The van der Waals surface area contributed by atoms with Gasteiger partial charge in [0.2, 0.25) is 0 Å². The van der Waals surface area contributed by atoms with Gasteiger partial charge in [0.05, 0.1) is 17.6 Å². The Morgan fingerprint density at radius 2 is 2.18 bits per heavy atom. The molecule has 0 radical (unpaired) electrons. The maximum Gasteiger partial charge on any atom is 0.0969 e. The maximum absolute atomic E-state index is 4.14. The quantitative estimate of drug-likeness (QED) is 0.862. The monoisotopic (exact) mass is 294 g/mol. The van der Waals surface area contributed by atoms with Crippen molar-refractivity contribution < 1.29 is 0 Å². The summed E-state index contributed by atoms with van der Waals surface area (Å²) < 4.78 is 2.80. The van der Waals surface area contributed by atoms with Gasteiger partial charge in [0.25, 0.3) is 0 Å². The minimum atomic E-state index is 0.762. The van der Waals surface area contributed by atoms with E-state index in [1.54, 1.807) is 4.68 Å². The number of rotatable bonds is 5. The second-order valence-corrected chi connectivity index (χ2v) is 4.64. The first-order chi connectivity index (χ1) is 8.31. The van der Waals surface area contributed by atoms with Gasteiger partial charge in [-0.15, -0.1) is 5.10 Å². The molecule has 1 N–H and O–H groups in total. The summed E-state index contributed by atoms with van der Waals surface area (Å²) in [7, 11) is 0. The molecule has 2 aromatic rings. The number of hydrogen-bond donors (Lipinski definition) is 1. The van der Waals surface area contributed by atoms with Crippen molar-refractivity contribution in [2.45, 2.75) is 19.9 Å². The molecule has 0 aliphatic rings. The van der Waals surface area contributed by atoms with Crippen molar-refractivity contribution in [3.63, 3.8) is 0 Å². The topological polar surface area (TPSA) is 42.7 Å². The number of halogens is 1. The molecule has 17 heavy (non-hydrogen) atoms. The van der Waals surface area contributed by atoms with E-state index in [9.17, 15) is 0 Å². The molecule has 0 bridgehead atoms. The van der Waals surface area contributed by atoms with Gasteiger partial charge in [-0.3, -0.25) is 0 Å². The highest BCUT2D eigenvalue weighted by Crippen LogP contribution is 2.19. The van der Waals surface area contributed by atoms with Crippen molar-refractivity contribution in [3.8, 4) is 5.69 Å². The number of nitrogens with one attached hydrogen (secondary N) is 1. The summed E-state index contributed by atoms with van der Waals surface area (Å²) in [5, 5.41) is 11.6. The largest absolute Gasteiger partial charge is 0.311 e. The van der Waals surface area contributed by atoms with Crippen LogP contribution in [0.4, 0.5) is 0 Å². The van der Waals surface area contributed by atoms with Crippen LogP contribution in [0.2, 0.25) is 0 Å². The fraction of sp³-hybridized carbons (Fsp3) is 0.333. The second kappa shape index (κ2) is 5.93. The lowest BCUT2D eigenvalue weighted by Crippen LogP contribution is -2.13. The van der Waals surface area contributed by atoms with Crippen molar-refractivity contribution in [1.82, 2.24) is 20.3 Å². The van der Waals surface area contributed by atoms with Crippen LogP contribution in [0.3, 0.4) is 0 Å². The smallest absolute Gasteiger partial charge is 0.0969 e. The van der Waals surface area contributed by atoms with E-state index in [0.717, 1.165) is 35.4 Å². The number of nitrogens with zero attached hydrogens (tertiary/aromatic N) is 3. The molecule has 0 spiro atoms. The first-order valence-electron chi connectivity index (χ1n) is 5.68. The highest BCUT2D eigenvalue weighted by molar-refractivity contribution is 9.10. The number of aromatic nitrogens is 3. The van der Waals surface area contributed by atoms with Crippen molar-refractivity contribution >= 4 is 15.9 Å². The Morgan fingerprint density at radius 3 is 2.94 bits per heavy atom. The standard InChI is InChI=1S/C12H15BrN4/c1-2-7-14-8-10-9-17(16-15-10)12-6-4-3-5-11(12)13/h3-6,9,14H,2,7-8H2,1H3. The van der Waals surface area contributed by atoms with Crippen LogP contribution in [0.15, 0.2) is 34.9 Å². The molecule has 0 unspecified atom stereocenters. The van der Waals surface area contributed by atoms with E-state index in [0.29, 0.717) is 0 Å². The summed E-state index contributed by atoms with van der Waals surface area (Å²) >= 11 is 3.50. The zero-order chi connectivity index (χ0) is 12.1. The van der Waals surface area contributed by atoms with Crippen molar-refractivity contribution in [2.75, 3.05) is 6.54 Å². The Hall–Kier alpha value is -1.20. The molecule has 4 nitrogen and oxygen atoms in total. The molecular formula is C12H15BrN4. The van der Waals surface area contributed by atoms with Gasteiger partial charge in [-0.05, 0) is 41.0 Å². The molecule has 0 saturated heterocycles. The highest BCUT2D eigenvalue weighted by atomic mass is 79.9. The third-order valence-electron chi connectivity index (χ3n) is 2.37. The Kier molecular flexibility index (Phi) is 4.28. The van der Waals surface area contributed by atoms with E-state index in [1.165, 1.54) is 0 Å². The first-order valence-corrected chi connectivity index (χ1v) is 6.47. The predicted octanol–water partition coefficient (Wildman–Crippen LogP) is 2.53. The van der Waals surface area contributed by atoms with Crippen molar-refractivity contribution in [1.29, 1.82) is 0 Å². The third kappa shape index (κ3) is 3.14. The molecule has 0 aliphatic heterocycles. The van der Waals surface area contributed by atoms with Gasteiger partial charge in [0.15, 0.2) is 0 Å². The van der Waals surface area contributed by atoms with Gasteiger partial charge in [-0.2, -0.15) is 0 Å². The van der Waals surface area contributed by atoms with E-state index in [4.69, 9.17) is 0 Å². The average molecular weight is 295 g/mol. The summed E-state index contributed by atoms with van der Waals surface area (Å²) in [6.07, 6.45) is 3.07. The SMILES string of the molecule is CCCNCc1cn(-c2ccccc2Br)nn1. The van der Waals surface area contributed by atoms with E-state index >= 15 is 0 Å². The molecule has 5 heteroatoms. The lowest BCUT2D eigenvalue weighted by atomic mass is 10.3. The van der Waals surface area contributed by atoms with Crippen molar-refractivity contribution in [2.24, 2.45) is 0 Å². The molecule has 1 heterocycles. The zero-order valence-electron chi connectivity index (χ0n) is 9.73. The van der Waals surface area contributed by atoms with Crippen LogP contribution in [0, 0.1) is 0 Å². The maximum atomic E-state index is 4.14. The molecule has 0 atom stereocenters. The van der Waals surface area contributed by atoms with Crippen molar-refractivity contribution in [3.05, 3.63) is 40.6 Å². The van der Waals surface area contributed by atoms with Crippen LogP contribution in [0.5, 0.6) is 0 Å². The minimum absolute atomic E-state index is 0.762. The zero-order valence-corrected chi connectivity index (χ0v) is 11.3. The van der Waals surface area contributed by atoms with E-state index in [1.807, 2.05) is 30.5 Å². The minimum Gasteiger partial charge on any atom is -0.311 e. The Morgan fingerprint density at radius 1 is 1.35 bits per heavy atom. The molecular weight excluding hydrogens is 280 g/mol. The molecule has 90 valence electrons. The van der Waals surface area contributed by atoms with Crippen LogP contribution < -0.4 is 5.32 Å². The number of benzene rings is 1. The predicted molar refractivity (Wildman–Crippen MR) is 71.1 cm³/mol. The van der Waals surface area contributed by atoms with Crippen LogP contribution in [0.25, 0.3) is 5.69 Å². The Balaban J connectivity index is 2.10. The van der Waals surface area contributed by atoms with Gasteiger partial charge < -0.3 is 5.32 Å². The second-order valence-electron chi connectivity index (χ2n) is 3.78. The average Bonchev–Trinajstić information content (AvgIpc) is 2.79. The van der Waals surface area contributed by atoms with Crippen LogP contribution in [-0.2, 0) is 6.54 Å². The van der Waals surface area contributed by atoms with Gasteiger partial charge in [-0.25, -0.2) is 4.68 Å². The fourth-order valence-corrected chi connectivity index (χ4v) is 1.99. The molecule has 0 fully saturated rings. The lowest BCUT2D eigenvalue weighted by Gasteiger charge is -2.01. The number of hydrogen-bond acceptors (Lipinski definition) is 3. The normalized spacial score (nSPS) is 10.7. The molecule has 0 amide bonds. The van der Waals surface area contributed by atoms with Gasteiger partial charge in [-0.1, -0.05) is 24.3 Å². The van der Waals surface area contributed by atoms with Gasteiger partial charge in [0, 0.05) is 11.0 Å². The van der Waals surface area contributed by atoms with Crippen LogP contribution >= 0.6 is 15.9 Å². The van der Waals surface area contributed by atoms with Gasteiger partial charge in [0.1, 0.15) is 0 Å². The van der Waals surface area contributed by atoms with E-state index in [-0.39, 0.29) is 0 Å². The van der Waals surface area contributed by atoms with E-state index < -0.39 is 0 Å². The van der Waals surface area contributed by atoms with Crippen LogP contribution in [0.1, 0.15) is 19.0 Å². The fourth-order valence-electron chi connectivity index (χ4n) is 1.53. The molecule has 1 aromatic carbocycles. The van der Waals surface area contributed by atoms with E-state index in [2.05, 4.69) is 38.5 Å². The summed E-state index contributed by atoms with van der Waals surface area (Å²) in [6, 6.07) is 7.96. The summed E-state index contributed by atoms with van der Waals surface area (Å²) in [4.78, 5) is 0. The molecule has 0 aliphatic carbocycles. The number of para-hydroxylation sites is 1. The third-order valence-corrected chi connectivity index (χ3v) is 3.04. The summed E-state index contributed by atoms with van der Waals surface area (Å²) in [6.45, 7) is 3.91.